The van der Waals surface area contributed by atoms with Crippen molar-refractivity contribution in [2.45, 2.75) is 32.0 Å². The van der Waals surface area contributed by atoms with E-state index in [0.29, 0.717) is 24.5 Å². The fourth-order valence-corrected chi connectivity index (χ4v) is 2.52. The maximum atomic E-state index is 14.0. The highest BCUT2D eigenvalue weighted by molar-refractivity contribution is 5.85. The van der Waals surface area contributed by atoms with Crippen LogP contribution >= 0.6 is 12.4 Å². The maximum absolute atomic E-state index is 14.0. The van der Waals surface area contributed by atoms with E-state index in [9.17, 15) is 9.18 Å². The molecule has 124 valence electrons. The molecule has 2 rings (SSSR count). The highest BCUT2D eigenvalue weighted by Crippen LogP contribution is 2.27. The maximum Gasteiger partial charge on any atom is 0.240 e. The number of carbonyl (C=O) groups excluding carboxylic acids is 1. The quantitative estimate of drug-likeness (QED) is 0.883. The zero-order chi connectivity index (χ0) is 15.4. The van der Waals surface area contributed by atoms with Crippen LogP contribution in [0.1, 0.15) is 25.5 Å². The summed E-state index contributed by atoms with van der Waals surface area (Å²) in [6.07, 6.45) is -0.214. The molecule has 0 aromatic heterocycles. The second-order valence-corrected chi connectivity index (χ2v) is 5.09. The summed E-state index contributed by atoms with van der Waals surface area (Å²) in [5.41, 5.74) is 0.345. The molecule has 1 heterocycles. The average molecular weight is 333 g/mol. The second kappa shape index (κ2) is 8.31. The highest BCUT2D eigenvalue weighted by Gasteiger charge is 2.30. The molecule has 5 nitrogen and oxygen atoms in total. The van der Waals surface area contributed by atoms with Crippen LogP contribution in [0.3, 0.4) is 0 Å². The van der Waals surface area contributed by atoms with E-state index in [-0.39, 0.29) is 24.4 Å². The summed E-state index contributed by atoms with van der Waals surface area (Å²) < 4.78 is 24.6. The van der Waals surface area contributed by atoms with Crippen LogP contribution in [0.15, 0.2) is 18.2 Å². The van der Waals surface area contributed by atoms with Crippen LogP contribution in [0, 0.1) is 5.82 Å². The Kier molecular flexibility index (Phi) is 7.06. The molecule has 3 atom stereocenters. The van der Waals surface area contributed by atoms with E-state index >= 15 is 0 Å². The van der Waals surface area contributed by atoms with Crippen LogP contribution in [0.4, 0.5) is 4.39 Å². The Labute approximate surface area is 136 Å². The first-order chi connectivity index (χ1) is 10.0. The standard InChI is InChI=1S/C15H21FN2O3.ClH/c1-9(13-11(16)5-4-6-12(13)20-3)18-15(19)14-10(2)21-8-7-17-14;/h4-6,9-10,14,17H,7-8H2,1-3H3,(H,18,19);1H/t9?,10-,14+;/m1./s1. The lowest BCUT2D eigenvalue weighted by Crippen LogP contribution is -2.55. The first-order valence-corrected chi connectivity index (χ1v) is 7.02. The number of amides is 1. The van der Waals surface area contributed by atoms with Gasteiger partial charge in [0.1, 0.15) is 17.6 Å². The smallest absolute Gasteiger partial charge is 0.240 e. The van der Waals surface area contributed by atoms with Gasteiger partial charge in [-0.1, -0.05) is 6.07 Å². The molecule has 1 unspecified atom stereocenters. The molecule has 22 heavy (non-hydrogen) atoms. The fraction of sp³-hybridized carbons (Fsp3) is 0.533. The normalized spacial score (nSPS) is 22.4. The summed E-state index contributed by atoms with van der Waals surface area (Å²) in [6.45, 7) is 4.78. The zero-order valence-corrected chi connectivity index (χ0v) is 13.7. The average Bonchev–Trinajstić information content (AvgIpc) is 2.46. The lowest BCUT2D eigenvalue weighted by molar-refractivity contribution is -0.129. The molecule has 0 saturated carbocycles. The Balaban J connectivity index is 0.00000242. The van der Waals surface area contributed by atoms with E-state index in [1.165, 1.54) is 13.2 Å². The van der Waals surface area contributed by atoms with Gasteiger partial charge in [-0.2, -0.15) is 0 Å². The molecule has 1 aromatic rings. The molecule has 1 aromatic carbocycles. The van der Waals surface area contributed by atoms with E-state index in [2.05, 4.69) is 10.6 Å². The molecule has 1 amide bonds. The molecule has 0 radical (unpaired) electrons. The Morgan fingerprint density at radius 1 is 1.55 bits per heavy atom. The molecule has 1 saturated heterocycles. The van der Waals surface area contributed by atoms with Gasteiger partial charge in [0.25, 0.3) is 0 Å². The lowest BCUT2D eigenvalue weighted by Gasteiger charge is -2.30. The van der Waals surface area contributed by atoms with Gasteiger partial charge in [-0.3, -0.25) is 4.79 Å². The van der Waals surface area contributed by atoms with Crippen LogP contribution in [-0.2, 0) is 9.53 Å². The number of benzene rings is 1. The van der Waals surface area contributed by atoms with Gasteiger partial charge >= 0.3 is 0 Å². The summed E-state index contributed by atoms with van der Waals surface area (Å²) in [5.74, 6) is -0.188. The van der Waals surface area contributed by atoms with Crippen LogP contribution < -0.4 is 15.4 Å². The zero-order valence-electron chi connectivity index (χ0n) is 12.9. The number of carbonyl (C=O) groups is 1. The van der Waals surface area contributed by atoms with Gasteiger partial charge in [-0.15, -0.1) is 12.4 Å². The van der Waals surface area contributed by atoms with Gasteiger partial charge in [0.2, 0.25) is 5.91 Å². The fourth-order valence-electron chi connectivity index (χ4n) is 2.52. The number of hydrogen-bond donors (Lipinski definition) is 2. The van der Waals surface area contributed by atoms with Crippen LogP contribution in [0.5, 0.6) is 5.75 Å². The van der Waals surface area contributed by atoms with Crippen molar-refractivity contribution in [2.24, 2.45) is 0 Å². The van der Waals surface area contributed by atoms with Crippen molar-refractivity contribution >= 4 is 18.3 Å². The molecule has 2 N–H and O–H groups in total. The first kappa shape index (κ1) is 18.7. The third kappa shape index (κ3) is 4.09. The van der Waals surface area contributed by atoms with Crippen LogP contribution in [0.25, 0.3) is 0 Å². The van der Waals surface area contributed by atoms with Crippen molar-refractivity contribution < 1.29 is 18.7 Å². The summed E-state index contributed by atoms with van der Waals surface area (Å²) in [4.78, 5) is 12.3. The van der Waals surface area contributed by atoms with Crippen LogP contribution in [0.2, 0.25) is 0 Å². The van der Waals surface area contributed by atoms with Gasteiger partial charge in [-0.05, 0) is 26.0 Å². The molecule has 0 spiro atoms. The van der Waals surface area contributed by atoms with Gasteiger partial charge in [0, 0.05) is 6.54 Å². The number of nitrogens with one attached hydrogen (secondary N) is 2. The van der Waals surface area contributed by atoms with Gasteiger partial charge in [-0.25, -0.2) is 4.39 Å². The first-order valence-electron chi connectivity index (χ1n) is 7.02. The number of ether oxygens (including phenoxy) is 2. The Morgan fingerprint density at radius 3 is 2.91 bits per heavy atom. The molecular weight excluding hydrogens is 311 g/mol. The van der Waals surface area contributed by atoms with Crippen LogP contribution in [-0.4, -0.2) is 38.3 Å². The number of halogens is 2. The van der Waals surface area contributed by atoms with Crippen molar-refractivity contribution in [2.75, 3.05) is 20.3 Å². The van der Waals surface area contributed by atoms with E-state index < -0.39 is 17.9 Å². The van der Waals surface area contributed by atoms with Crippen molar-refractivity contribution in [1.82, 2.24) is 10.6 Å². The molecular formula is C15H22ClFN2O3. The summed E-state index contributed by atoms with van der Waals surface area (Å²) in [7, 11) is 1.48. The topological polar surface area (TPSA) is 59.6 Å². The summed E-state index contributed by atoms with van der Waals surface area (Å²) in [5, 5.41) is 5.92. The number of hydrogen-bond acceptors (Lipinski definition) is 4. The second-order valence-electron chi connectivity index (χ2n) is 5.09. The van der Waals surface area contributed by atoms with Crippen molar-refractivity contribution in [1.29, 1.82) is 0 Å². The minimum atomic E-state index is -0.496. The van der Waals surface area contributed by atoms with Gasteiger partial charge < -0.3 is 20.1 Å². The molecule has 1 aliphatic rings. The number of rotatable bonds is 4. The number of morpholine rings is 1. The summed E-state index contributed by atoms with van der Waals surface area (Å²) >= 11 is 0. The third-order valence-corrected chi connectivity index (χ3v) is 3.62. The molecule has 0 bridgehead atoms. The molecule has 1 aliphatic heterocycles. The van der Waals surface area contributed by atoms with Gasteiger partial charge in [0.05, 0.1) is 31.4 Å². The molecule has 7 heteroatoms. The van der Waals surface area contributed by atoms with E-state index in [1.54, 1.807) is 19.1 Å². The van der Waals surface area contributed by atoms with E-state index in [4.69, 9.17) is 9.47 Å². The largest absolute Gasteiger partial charge is 0.496 e. The van der Waals surface area contributed by atoms with E-state index in [1.807, 2.05) is 6.92 Å². The SMILES string of the molecule is COc1cccc(F)c1C(C)NC(=O)[C@H]1NCCO[C@@H]1C.Cl. The Bertz CT molecular complexity index is 516. The van der Waals surface area contributed by atoms with Crippen molar-refractivity contribution in [3.05, 3.63) is 29.6 Å². The van der Waals surface area contributed by atoms with E-state index in [0.717, 1.165) is 0 Å². The van der Waals surface area contributed by atoms with Crippen molar-refractivity contribution in [3.63, 3.8) is 0 Å². The monoisotopic (exact) mass is 332 g/mol. The Morgan fingerprint density at radius 2 is 2.27 bits per heavy atom. The van der Waals surface area contributed by atoms with Crippen molar-refractivity contribution in [3.8, 4) is 5.75 Å². The Hall–Kier alpha value is -1.37. The molecule has 1 fully saturated rings. The predicted molar refractivity (Wildman–Crippen MR) is 84.0 cm³/mol. The summed E-state index contributed by atoms with van der Waals surface area (Å²) in [6, 6.07) is 3.67. The molecule has 0 aliphatic carbocycles. The predicted octanol–water partition coefficient (Wildman–Crippen LogP) is 1.81. The minimum Gasteiger partial charge on any atom is -0.496 e. The highest BCUT2D eigenvalue weighted by atomic mass is 35.5. The van der Waals surface area contributed by atoms with Gasteiger partial charge in [0.15, 0.2) is 0 Å². The minimum absolute atomic E-state index is 0. The lowest BCUT2D eigenvalue weighted by atomic mass is 10.0. The third-order valence-electron chi connectivity index (χ3n) is 3.62. The number of methoxy groups -OCH3 is 1.